The van der Waals surface area contributed by atoms with Crippen LogP contribution in [0.3, 0.4) is 0 Å². The van der Waals surface area contributed by atoms with Crippen molar-refractivity contribution >= 4 is 24.0 Å². The molecule has 0 unspecified atom stereocenters. The van der Waals surface area contributed by atoms with Gasteiger partial charge in [-0.2, -0.15) is 0 Å². The number of ether oxygens (including phenoxy) is 1. The van der Waals surface area contributed by atoms with Crippen LogP contribution in [0.1, 0.15) is 25.3 Å². The van der Waals surface area contributed by atoms with E-state index in [4.69, 9.17) is 16.3 Å². The third-order valence-corrected chi connectivity index (χ3v) is 3.92. The summed E-state index contributed by atoms with van der Waals surface area (Å²) in [6.07, 6.45) is 2.52. The van der Waals surface area contributed by atoms with E-state index >= 15 is 0 Å². The quantitative estimate of drug-likeness (QED) is 0.844. The zero-order chi connectivity index (χ0) is 13.5. The van der Waals surface area contributed by atoms with Gasteiger partial charge < -0.3 is 15.4 Å². The Balaban J connectivity index is 0.00000200. The van der Waals surface area contributed by atoms with Crippen molar-refractivity contribution in [1.29, 1.82) is 0 Å². The largest absolute Gasteiger partial charge is 0.493 e. The van der Waals surface area contributed by atoms with Gasteiger partial charge in [-0.3, -0.25) is 0 Å². The highest BCUT2D eigenvalue weighted by molar-refractivity contribution is 6.31. The summed E-state index contributed by atoms with van der Waals surface area (Å²) >= 11 is 6.26. The molecule has 2 rings (SSSR count). The number of nitrogens with one attached hydrogen (secondary N) is 2. The molecule has 0 radical (unpaired) electrons. The van der Waals surface area contributed by atoms with Crippen molar-refractivity contribution in [3.05, 3.63) is 28.8 Å². The molecule has 0 aliphatic carbocycles. The molecular formula is C15H24Cl2N2O. The standard InChI is InChI=1S/C15H23ClN2O.ClH/c1-2-19-15-5-3-4-14(16)13(15)11-18-10-12-6-8-17-9-7-12;/h3-5,12,17-18H,2,6-11H2,1H3;1H. The molecule has 2 N–H and O–H groups in total. The molecule has 1 aromatic carbocycles. The Kier molecular flexibility index (Phi) is 8.31. The van der Waals surface area contributed by atoms with Crippen molar-refractivity contribution in [1.82, 2.24) is 10.6 Å². The Morgan fingerprint density at radius 2 is 2.10 bits per heavy atom. The predicted molar refractivity (Wildman–Crippen MR) is 87.2 cm³/mol. The highest BCUT2D eigenvalue weighted by Gasteiger charge is 2.13. The first-order valence-electron chi connectivity index (χ1n) is 7.13. The summed E-state index contributed by atoms with van der Waals surface area (Å²) in [5.74, 6) is 1.67. The van der Waals surface area contributed by atoms with Gasteiger partial charge in [-0.05, 0) is 57.5 Å². The third-order valence-electron chi connectivity index (χ3n) is 3.57. The molecule has 0 spiro atoms. The van der Waals surface area contributed by atoms with E-state index in [1.165, 1.54) is 12.8 Å². The molecule has 0 bridgehead atoms. The number of hydrogen-bond acceptors (Lipinski definition) is 3. The molecular weight excluding hydrogens is 295 g/mol. The molecule has 1 saturated heterocycles. The summed E-state index contributed by atoms with van der Waals surface area (Å²) in [7, 11) is 0. The topological polar surface area (TPSA) is 33.3 Å². The minimum atomic E-state index is 0. The van der Waals surface area contributed by atoms with Crippen molar-refractivity contribution < 1.29 is 4.74 Å². The molecule has 1 aromatic rings. The lowest BCUT2D eigenvalue weighted by molar-refractivity contribution is 0.331. The van der Waals surface area contributed by atoms with E-state index in [0.29, 0.717) is 6.61 Å². The molecule has 0 saturated carbocycles. The molecule has 3 nitrogen and oxygen atoms in total. The Morgan fingerprint density at radius 3 is 2.80 bits per heavy atom. The SMILES string of the molecule is CCOc1cccc(Cl)c1CNCC1CCNCC1.Cl. The van der Waals surface area contributed by atoms with E-state index in [2.05, 4.69) is 10.6 Å². The monoisotopic (exact) mass is 318 g/mol. The summed E-state index contributed by atoms with van der Waals surface area (Å²) < 4.78 is 5.63. The van der Waals surface area contributed by atoms with Gasteiger partial charge in [0.05, 0.1) is 6.61 Å². The first kappa shape index (κ1) is 17.6. The molecule has 0 amide bonds. The Hall–Kier alpha value is -0.480. The Bertz CT molecular complexity index is 395. The number of halogens is 2. The molecule has 0 aromatic heterocycles. The summed E-state index contributed by atoms with van der Waals surface area (Å²) in [6, 6.07) is 5.84. The van der Waals surface area contributed by atoms with E-state index in [1.807, 2.05) is 25.1 Å². The van der Waals surface area contributed by atoms with Gasteiger partial charge in [0, 0.05) is 17.1 Å². The van der Waals surface area contributed by atoms with Crippen molar-refractivity contribution in [2.75, 3.05) is 26.2 Å². The maximum atomic E-state index is 6.26. The third kappa shape index (κ3) is 5.13. The van der Waals surface area contributed by atoms with Crippen molar-refractivity contribution in [2.45, 2.75) is 26.3 Å². The number of benzene rings is 1. The lowest BCUT2D eigenvalue weighted by atomic mass is 9.98. The lowest BCUT2D eigenvalue weighted by Gasteiger charge is -2.23. The Labute approximate surface area is 132 Å². The highest BCUT2D eigenvalue weighted by Crippen LogP contribution is 2.26. The van der Waals surface area contributed by atoms with E-state index < -0.39 is 0 Å². The second kappa shape index (κ2) is 9.46. The first-order valence-corrected chi connectivity index (χ1v) is 7.50. The predicted octanol–water partition coefficient (Wildman–Crippen LogP) is 3.25. The summed E-state index contributed by atoms with van der Waals surface area (Å²) in [6.45, 7) is 6.78. The summed E-state index contributed by atoms with van der Waals surface area (Å²) in [4.78, 5) is 0. The molecule has 1 fully saturated rings. The van der Waals surface area contributed by atoms with Crippen LogP contribution >= 0.6 is 24.0 Å². The van der Waals surface area contributed by atoms with E-state index in [9.17, 15) is 0 Å². The fraction of sp³-hybridized carbons (Fsp3) is 0.600. The minimum absolute atomic E-state index is 0. The summed E-state index contributed by atoms with van der Waals surface area (Å²) in [5, 5.41) is 7.69. The van der Waals surface area contributed by atoms with E-state index in [0.717, 1.165) is 48.4 Å². The van der Waals surface area contributed by atoms with Crippen LogP contribution in [0.5, 0.6) is 5.75 Å². The van der Waals surface area contributed by atoms with Gasteiger partial charge in [-0.15, -0.1) is 12.4 Å². The van der Waals surface area contributed by atoms with E-state index in [-0.39, 0.29) is 12.4 Å². The number of hydrogen-bond donors (Lipinski definition) is 2. The Morgan fingerprint density at radius 1 is 1.35 bits per heavy atom. The van der Waals surface area contributed by atoms with Crippen LogP contribution < -0.4 is 15.4 Å². The molecule has 1 aliphatic rings. The molecule has 5 heteroatoms. The van der Waals surface area contributed by atoms with Crippen LogP contribution in [0.2, 0.25) is 5.02 Å². The molecule has 114 valence electrons. The maximum absolute atomic E-state index is 6.26. The fourth-order valence-corrected chi connectivity index (χ4v) is 2.72. The minimum Gasteiger partial charge on any atom is -0.493 e. The van der Waals surface area contributed by atoms with Crippen LogP contribution in [0.25, 0.3) is 0 Å². The van der Waals surface area contributed by atoms with Crippen molar-refractivity contribution in [2.24, 2.45) is 5.92 Å². The summed E-state index contributed by atoms with van der Waals surface area (Å²) in [5.41, 5.74) is 1.07. The van der Waals surface area contributed by atoms with Crippen LogP contribution in [0.4, 0.5) is 0 Å². The van der Waals surface area contributed by atoms with E-state index in [1.54, 1.807) is 0 Å². The van der Waals surface area contributed by atoms with Crippen molar-refractivity contribution in [3.63, 3.8) is 0 Å². The lowest BCUT2D eigenvalue weighted by Crippen LogP contribution is -2.33. The number of rotatable bonds is 6. The van der Waals surface area contributed by atoms with Crippen LogP contribution in [0.15, 0.2) is 18.2 Å². The van der Waals surface area contributed by atoms with Gasteiger partial charge in [0.1, 0.15) is 5.75 Å². The van der Waals surface area contributed by atoms with Gasteiger partial charge in [0.2, 0.25) is 0 Å². The molecule has 1 aliphatic heterocycles. The van der Waals surface area contributed by atoms with Crippen molar-refractivity contribution in [3.8, 4) is 5.75 Å². The number of piperidine rings is 1. The smallest absolute Gasteiger partial charge is 0.125 e. The zero-order valence-corrected chi connectivity index (χ0v) is 13.5. The average Bonchev–Trinajstić information content (AvgIpc) is 2.43. The average molecular weight is 319 g/mol. The normalized spacial score (nSPS) is 15.7. The zero-order valence-electron chi connectivity index (χ0n) is 12.0. The molecule has 0 atom stereocenters. The second-order valence-corrected chi connectivity index (χ2v) is 5.38. The first-order chi connectivity index (χ1) is 9.31. The molecule has 20 heavy (non-hydrogen) atoms. The fourth-order valence-electron chi connectivity index (χ4n) is 2.49. The van der Waals surface area contributed by atoms with Gasteiger partial charge in [0.15, 0.2) is 0 Å². The van der Waals surface area contributed by atoms with Gasteiger partial charge in [-0.25, -0.2) is 0 Å². The van der Waals surface area contributed by atoms with Crippen LogP contribution in [-0.2, 0) is 6.54 Å². The highest BCUT2D eigenvalue weighted by atomic mass is 35.5. The van der Waals surface area contributed by atoms with Gasteiger partial charge in [-0.1, -0.05) is 17.7 Å². The maximum Gasteiger partial charge on any atom is 0.125 e. The van der Waals surface area contributed by atoms with Gasteiger partial charge in [0.25, 0.3) is 0 Å². The van der Waals surface area contributed by atoms with Crippen LogP contribution in [-0.4, -0.2) is 26.2 Å². The second-order valence-electron chi connectivity index (χ2n) is 4.97. The van der Waals surface area contributed by atoms with Gasteiger partial charge >= 0.3 is 0 Å². The molecule has 1 heterocycles. The van der Waals surface area contributed by atoms with Crippen LogP contribution in [0, 0.1) is 5.92 Å².